The predicted molar refractivity (Wildman–Crippen MR) is 99.6 cm³/mol. The summed E-state index contributed by atoms with van der Waals surface area (Å²) in [6.07, 6.45) is 6.89. The monoisotopic (exact) mass is 389 g/mol. The zero-order valence-corrected chi connectivity index (χ0v) is 15.1. The van der Waals surface area contributed by atoms with Gasteiger partial charge < -0.3 is 21.7 Å². The molecule has 4 heterocycles. The number of nitrogens with one attached hydrogen (secondary N) is 3. The molecule has 0 aromatic carbocycles. The molecule has 0 spiro atoms. The summed E-state index contributed by atoms with van der Waals surface area (Å²) in [6.45, 7) is 1.52. The standard InChI is InChI=1S/C18H21F2N7O/c19-10-4-12-13(6-23-16(12)22-5-10)17-24-7-14(20)18(26-17)25-11-2-1-3-27(8-11)9-15(21)28/h4-7,11,16,22-23H,1-3,8-9H2,(H2,21,28)(H,24,25,26)/t11-,16?/m0/s1. The first-order valence-corrected chi connectivity index (χ1v) is 9.09. The van der Waals surface area contributed by atoms with Crippen molar-refractivity contribution in [2.75, 3.05) is 25.0 Å². The number of carbonyl (C=O) groups is 1. The second-order valence-corrected chi connectivity index (χ2v) is 7.03. The third kappa shape index (κ3) is 3.81. The van der Waals surface area contributed by atoms with Crippen LogP contribution in [0.4, 0.5) is 14.6 Å². The molecular formula is C18H21F2N7O. The molecule has 0 aliphatic carbocycles. The summed E-state index contributed by atoms with van der Waals surface area (Å²) in [5.41, 5.74) is 6.52. The van der Waals surface area contributed by atoms with E-state index in [2.05, 4.69) is 25.9 Å². The minimum atomic E-state index is -0.569. The molecule has 1 fully saturated rings. The van der Waals surface area contributed by atoms with Gasteiger partial charge in [-0.15, -0.1) is 0 Å². The first-order valence-electron chi connectivity index (χ1n) is 9.09. The van der Waals surface area contributed by atoms with Crippen molar-refractivity contribution in [3.63, 3.8) is 0 Å². The van der Waals surface area contributed by atoms with Crippen LogP contribution in [0.1, 0.15) is 18.7 Å². The van der Waals surface area contributed by atoms with Gasteiger partial charge in [-0.25, -0.2) is 18.7 Å². The molecule has 3 aliphatic rings. The van der Waals surface area contributed by atoms with Crippen molar-refractivity contribution in [1.29, 1.82) is 0 Å². The van der Waals surface area contributed by atoms with E-state index in [0.29, 0.717) is 23.5 Å². The highest BCUT2D eigenvalue weighted by Crippen LogP contribution is 2.31. The van der Waals surface area contributed by atoms with Crippen molar-refractivity contribution < 1.29 is 13.6 Å². The number of fused-ring (bicyclic) bond motifs is 1. The van der Waals surface area contributed by atoms with E-state index < -0.39 is 11.6 Å². The molecule has 1 unspecified atom stereocenters. The molecular weight excluding hydrogens is 368 g/mol. The number of primary amides is 1. The Morgan fingerprint density at radius 1 is 1.36 bits per heavy atom. The number of piperidine rings is 1. The van der Waals surface area contributed by atoms with Gasteiger partial charge in [-0.3, -0.25) is 9.69 Å². The van der Waals surface area contributed by atoms with Gasteiger partial charge in [0.2, 0.25) is 5.91 Å². The van der Waals surface area contributed by atoms with Gasteiger partial charge in [0.05, 0.1) is 12.7 Å². The topological polar surface area (TPSA) is 108 Å². The van der Waals surface area contributed by atoms with Crippen LogP contribution in [0.5, 0.6) is 0 Å². The second kappa shape index (κ2) is 7.55. The van der Waals surface area contributed by atoms with E-state index >= 15 is 0 Å². The summed E-state index contributed by atoms with van der Waals surface area (Å²) in [5.74, 6) is -0.979. The van der Waals surface area contributed by atoms with Crippen LogP contribution in [0.25, 0.3) is 5.57 Å². The van der Waals surface area contributed by atoms with Crippen molar-refractivity contribution in [2.24, 2.45) is 5.73 Å². The lowest BCUT2D eigenvalue weighted by atomic mass is 10.0. The van der Waals surface area contributed by atoms with Gasteiger partial charge in [-0.2, -0.15) is 0 Å². The van der Waals surface area contributed by atoms with E-state index in [-0.39, 0.29) is 30.5 Å². The van der Waals surface area contributed by atoms with E-state index in [9.17, 15) is 13.6 Å². The quantitative estimate of drug-likeness (QED) is 0.584. The molecule has 0 radical (unpaired) electrons. The minimum absolute atomic E-state index is 0.0651. The Morgan fingerprint density at radius 3 is 3.00 bits per heavy atom. The Morgan fingerprint density at radius 2 is 2.18 bits per heavy atom. The number of nitrogens with zero attached hydrogens (tertiary/aromatic N) is 3. The largest absolute Gasteiger partial charge is 0.369 e. The number of hydrogen-bond donors (Lipinski definition) is 4. The highest BCUT2D eigenvalue weighted by Gasteiger charge is 2.29. The number of rotatable bonds is 5. The Hall–Kier alpha value is -3.01. The van der Waals surface area contributed by atoms with Gasteiger partial charge >= 0.3 is 0 Å². The van der Waals surface area contributed by atoms with Crippen molar-refractivity contribution in [2.45, 2.75) is 25.0 Å². The molecule has 5 N–H and O–H groups in total. The lowest BCUT2D eigenvalue weighted by molar-refractivity contribution is -0.119. The van der Waals surface area contributed by atoms with Crippen molar-refractivity contribution in [3.05, 3.63) is 47.7 Å². The number of nitrogens with two attached hydrogens (primary N) is 1. The average molecular weight is 389 g/mol. The number of likely N-dealkylation sites (tertiary alicyclic amines) is 1. The fourth-order valence-corrected chi connectivity index (χ4v) is 3.67. The van der Waals surface area contributed by atoms with E-state index in [1.807, 2.05) is 4.90 Å². The van der Waals surface area contributed by atoms with Crippen molar-refractivity contribution in [3.8, 4) is 0 Å². The Kier molecular flexibility index (Phi) is 4.95. The normalized spacial score (nSPS) is 24.3. The van der Waals surface area contributed by atoms with Gasteiger partial charge in [-0.05, 0) is 25.5 Å². The molecule has 1 aromatic rings. The minimum Gasteiger partial charge on any atom is -0.369 e. The molecule has 0 bridgehead atoms. The zero-order chi connectivity index (χ0) is 19.7. The molecule has 28 heavy (non-hydrogen) atoms. The van der Waals surface area contributed by atoms with Crippen molar-refractivity contribution in [1.82, 2.24) is 25.5 Å². The van der Waals surface area contributed by atoms with Crippen molar-refractivity contribution >= 4 is 17.3 Å². The smallest absolute Gasteiger partial charge is 0.231 e. The lowest BCUT2D eigenvalue weighted by Gasteiger charge is -2.32. The summed E-state index contributed by atoms with van der Waals surface area (Å²) in [5, 5.41) is 9.06. The molecule has 1 aromatic heterocycles. The van der Waals surface area contributed by atoms with Crippen LogP contribution in [0.15, 0.2) is 36.1 Å². The second-order valence-electron chi connectivity index (χ2n) is 7.03. The summed E-state index contributed by atoms with van der Waals surface area (Å²) >= 11 is 0. The van der Waals surface area contributed by atoms with Gasteiger partial charge in [0, 0.05) is 36.1 Å². The van der Waals surface area contributed by atoms with Crippen LogP contribution in [0, 0.1) is 5.82 Å². The summed E-state index contributed by atoms with van der Waals surface area (Å²) in [4.78, 5) is 21.5. The lowest BCUT2D eigenvalue weighted by Crippen LogP contribution is -2.45. The molecule has 4 rings (SSSR count). The Labute approximate surface area is 160 Å². The summed E-state index contributed by atoms with van der Waals surface area (Å²) in [7, 11) is 0. The highest BCUT2D eigenvalue weighted by atomic mass is 19.1. The van der Waals surface area contributed by atoms with Crippen LogP contribution in [-0.2, 0) is 4.79 Å². The number of allylic oxidation sites excluding steroid dienone is 2. The average Bonchev–Trinajstić information content (AvgIpc) is 3.06. The van der Waals surface area contributed by atoms with E-state index in [1.165, 1.54) is 12.3 Å². The SMILES string of the molecule is NC(=O)CN1CCC[C@H](Nc2nc(C3=CNC4NC=C(F)C=C34)ncc2F)C1. The van der Waals surface area contributed by atoms with Crippen LogP contribution >= 0.6 is 0 Å². The zero-order valence-electron chi connectivity index (χ0n) is 15.1. The van der Waals surface area contributed by atoms with Gasteiger partial charge in [0.1, 0.15) is 12.0 Å². The van der Waals surface area contributed by atoms with Crippen LogP contribution < -0.4 is 21.7 Å². The molecule has 1 amide bonds. The van der Waals surface area contributed by atoms with Crippen LogP contribution in [0.2, 0.25) is 0 Å². The molecule has 8 nitrogen and oxygen atoms in total. The van der Waals surface area contributed by atoms with Gasteiger partial charge in [0.15, 0.2) is 17.5 Å². The number of hydrogen-bond acceptors (Lipinski definition) is 7. The first-order chi connectivity index (χ1) is 13.5. The van der Waals surface area contributed by atoms with E-state index in [1.54, 1.807) is 6.20 Å². The molecule has 0 saturated carbocycles. The fourth-order valence-electron chi connectivity index (χ4n) is 3.67. The summed E-state index contributed by atoms with van der Waals surface area (Å²) < 4.78 is 27.9. The maximum atomic E-state index is 14.3. The van der Waals surface area contributed by atoms with Gasteiger partial charge in [-0.1, -0.05) is 0 Å². The maximum absolute atomic E-state index is 14.3. The van der Waals surface area contributed by atoms with Gasteiger partial charge in [0.25, 0.3) is 0 Å². The Bertz CT molecular complexity index is 883. The third-order valence-electron chi connectivity index (χ3n) is 4.91. The molecule has 2 atom stereocenters. The molecule has 1 saturated heterocycles. The Balaban J connectivity index is 1.52. The van der Waals surface area contributed by atoms with Crippen LogP contribution in [-0.4, -0.2) is 52.6 Å². The number of carbonyl (C=O) groups excluding carboxylic acids is 1. The van der Waals surface area contributed by atoms with E-state index in [4.69, 9.17) is 5.73 Å². The maximum Gasteiger partial charge on any atom is 0.231 e. The van der Waals surface area contributed by atoms with Crippen LogP contribution in [0.3, 0.4) is 0 Å². The predicted octanol–water partition coefficient (Wildman–Crippen LogP) is 0.588. The highest BCUT2D eigenvalue weighted by molar-refractivity contribution is 5.80. The first kappa shape index (κ1) is 18.4. The number of amides is 1. The van der Waals surface area contributed by atoms with E-state index in [0.717, 1.165) is 25.6 Å². The summed E-state index contributed by atoms with van der Waals surface area (Å²) in [6, 6.07) is -0.0651. The molecule has 10 heteroatoms. The number of dihydropyridines is 1. The molecule has 148 valence electrons. The third-order valence-corrected chi connectivity index (χ3v) is 4.91. The number of aromatic nitrogens is 2. The molecule has 3 aliphatic heterocycles. The fraction of sp³-hybridized carbons (Fsp3) is 0.389. The number of anilines is 1. The number of halogens is 2.